The molecule has 1 aliphatic rings. The van der Waals surface area contributed by atoms with Crippen molar-refractivity contribution >= 4 is 10.0 Å². The van der Waals surface area contributed by atoms with Crippen LogP contribution in [0.15, 0.2) is 23.1 Å². The van der Waals surface area contributed by atoms with Gasteiger partial charge in [0.15, 0.2) is 0 Å². The molecule has 2 N–H and O–H groups in total. The summed E-state index contributed by atoms with van der Waals surface area (Å²) in [5.74, 6) is 0.254. The maximum absolute atomic E-state index is 12.8. The Balaban J connectivity index is 2.31. The Morgan fingerprint density at radius 1 is 1.35 bits per heavy atom. The second kappa shape index (κ2) is 5.84. The molecule has 0 radical (unpaired) electrons. The molecule has 1 heterocycles. The lowest BCUT2D eigenvalue weighted by Crippen LogP contribution is -2.48. The van der Waals surface area contributed by atoms with Crippen LogP contribution in [-0.4, -0.2) is 31.9 Å². The fraction of sp³-hybridized carbons (Fsp3) is 0.600. The molecule has 2 rings (SSSR count). The molecule has 20 heavy (non-hydrogen) atoms. The van der Waals surface area contributed by atoms with E-state index in [4.69, 9.17) is 5.73 Å². The van der Waals surface area contributed by atoms with Crippen LogP contribution in [0.5, 0.6) is 0 Å². The van der Waals surface area contributed by atoms with Gasteiger partial charge in [0.1, 0.15) is 0 Å². The van der Waals surface area contributed by atoms with Crippen LogP contribution in [0.4, 0.5) is 0 Å². The van der Waals surface area contributed by atoms with Gasteiger partial charge in [-0.25, -0.2) is 8.42 Å². The summed E-state index contributed by atoms with van der Waals surface area (Å²) in [5, 5.41) is 0. The van der Waals surface area contributed by atoms with E-state index in [1.165, 1.54) is 0 Å². The topological polar surface area (TPSA) is 63.4 Å². The number of hydrogen-bond donors (Lipinski definition) is 1. The highest BCUT2D eigenvalue weighted by Gasteiger charge is 2.33. The van der Waals surface area contributed by atoms with Crippen molar-refractivity contribution in [1.82, 2.24) is 4.31 Å². The molecule has 1 aliphatic heterocycles. The molecular weight excluding hydrogens is 272 g/mol. The minimum absolute atomic E-state index is 0.116. The second-order valence-electron chi connectivity index (χ2n) is 5.75. The molecule has 4 nitrogen and oxygen atoms in total. The maximum atomic E-state index is 12.8. The Bertz CT molecular complexity index is 584. The number of nitrogens with zero attached hydrogens (tertiary/aromatic N) is 1. The largest absolute Gasteiger partial charge is 0.327 e. The monoisotopic (exact) mass is 296 g/mol. The van der Waals surface area contributed by atoms with Gasteiger partial charge >= 0.3 is 0 Å². The van der Waals surface area contributed by atoms with Gasteiger partial charge in [0, 0.05) is 19.1 Å². The standard InChI is InChI=1S/C15H24N2O2S/c1-4-13-10-17(8-7-14(13)16)20(18,19)15-6-5-11(2)9-12(15)3/h5-6,9,13-14H,4,7-8,10,16H2,1-3H3. The number of hydrogen-bond acceptors (Lipinski definition) is 3. The van der Waals surface area contributed by atoms with E-state index >= 15 is 0 Å². The van der Waals surface area contributed by atoms with Crippen molar-refractivity contribution in [2.45, 2.75) is 44.6 Å². The van der Waals surface area contributed by atoms with Crippen LogP contribution < -0.4 is 5.73 Å². The van der Waals surface area contributed by atoms with Crippen molar-refractivity contribution in [1.29, 1.82) is 0 Å². The van der Waals surface area contributed by atoms with Crippen LogP contribution in [0.1, 0.15) is 30.9 Å². The third kappa shape index (κ3) is 2.90. The number of nitrogens with two attached hydrogens (primary N) is 1. The molecule has 0 aromatic heterocycles. The lowest BCUT2D eigenvalue weighted by molar-refractivity contribution is 0.230. The fourth-order valence-electron chi connectivity index (χ4n) is 2.89. The number of sulfonamides is 1. The molecule has 1 aromatic rings. The second-order valence-corrected chi connectivity index (χ2v) is 7.66. The summed E-state index contributed by atoms with van der Waals surface area (Å²) in [6.45, 7) is 6.95. The molecule has 2 atom stereocenters. The van der Waals surface area contributed by atoms with Crippen molar-refractivity contribution in [3.05, 3.63) is 29.3 Å². The lowest BCUT2D eigenvalue weighted by atomic mass is 9.92. The summed E-state index contributed by atoms with van der Waals surface area (Å²) in [5.41, 5.74) is 7.95. The lowest BCUT2D eigenvalue weighted by Gasteiger charge is -2.35. The van der Waals surface area contributed by atoms with Crippen molar-refractivity contribution in [2.24, 2.45) is 11.7 Å². The molecule has 0 aliphatic carbocycles. The van der Waals surface area contributed by atoms with Gasteiger partial charge in [0.25, 0.3) is 0 Å². The molecule has 1 aromatic carbocycles. The highest BCUT2D eigenvalue weighted by molar-refractivity contribution is 7.89. The highest BCUT2D eigenvalue weighted by Crippen LogP contribution is 2.26. The van der Waals surface area contributed by atoms with E-state index in [-0.39, 0.29) is 12.0 Å². The first-order chi connectivity index (χ1) is 9.36. The molecule has 2 unspecified atom stereocenters. The zero-order chi connectivity index (χ0) is 14.9. The van der Waals surface area contributed by atoms with E-state index in [9.17, 15) is 8.42 Å². The van der Waals surface area contributed by atoms with Crippen LogP contribution in [0, 0.1) is 19.8 Å². The first kappa shape index (κ1) is 15.5. The summed E-state index contributed by atoms with van der Waals surface area (Å²) >= 11 is 0. The van der Waals surface area contributed by atoms with E-state index < -0.39 is 10.0 Å². The third-order valence-corrected chi connectivity index (χ3v) is 6.25. The molecule has 1 fully saturated rings. The summed E-state index contributed by atoms with van der Waals surface area (Å²) in [4.78, 5) is 0.424. The SMILES string of the molecule is CCC1CN(S(=O)(=O)c2ccc(C)cc2C)CCC1N. The zero-order valence-corrected chi connectivity index (χ0v) is 13.3. The average molecular weight is 296 g/mol. The predicted molar refractivity (Wildman–Crippen MR) is 81.0 cm³/mol. The summed E-state index contributed by atoms with van der Waals surface area (Å²) in [6, 6.07) is 5.60. The number of piperidine rings is 1. The molecule has 0 spiro atoms. The molecule has 0 amide bonds. The van der Waals surface area contributed by atoms with E-state index in [2.05, 4.69) is 6.92 Å². The number of benzene rings is 1. The van der Waals surface area contributed by atoms with Crippen LogP contribution >= 0.6 is 0 Å². The molecule has 112 valence electrons. The number of aryl methyl sites for hydroxylation is 2. The Morgan fingerprint density at radius 3 is 2.65 bits per heavy atom. The zero-order valence-electron chi connectivity index (χ0n) is 12.5. The van der Waals surface area contributed by atoms with Gasteiger partial charge in [-0.2, -0.15) is 4.31 Å². The number of rotatable bonds is 3. The van der Waals surface area contributed by atoms with Crippen molar-refractivity contribution < 1.29 is 8.42 Å². The van der Waals surface area contributed by atoms with Gasteiger partial charge in [-0.3, -0.25) is 0 Å². The maximum Gasteiger partial charge on any atom is 0.243 e. The first-order valence-electron chi connectivity index (χ1n) is 7.19. The van der Waals surface area contributed by atoms with Crippen molar-refractivity contribution in [2.75, 3.05) is 13.1 Å². The van der Waals surface area contributed by atoms with Gasteiger partial charge in [0.2, 0.25) is 10.0 Å². The first-order valence-corrected chi connectivity index (χ1v) is 8.63. The molecule has 0 bridgehead atoms. The van der Waals surface area contributed by atoms with Gasteiger partial charge in [-0.05, 0) is 37.8 Å². The van der Waals surface area contributed by atoms with Crippen molar-refractivity contribution in [3.8, 4) is 0 Å². The van der Waals surface area contributed by atoms with Gasteiger partial charge in [-0.15, -0.1) is 0 Å². The Kier molecular flexibility index (Phi) is 4.52. The summed E-state index contributed by atoms with van der Waals surface area (Å²) in [7, 11) is -3.40. The Labute approximate surface area is 122 Å². The van der Waals surface area contributed by atoms with Crippen LogP contribution in [0.2, 0.25) is 0 Å². The summed E-state index contributed by atoms with van der Waals surface area (Å²) in [6.07, 6.45) is 1.66. The van der Waals surface area contributed by atoms with E-state index in [1.807, 2.05) is 26.0 Å². The average Bonchev–Trinajstić information content (AvgIpc) is 2.38. The fourth-order valence-corrected chi connectivity index (χ4v) is 4.61. The highest BCUT2D eigenvalue weighted by atomic mass is 32.2. The minimum atomic E-state index is -3.40. The van der Waals surface area contributed by atoms with Crippen LogP contribution in [-0.2, 0) is 10.0 Å². The summed E-state index contributed by atoms with van der Waals surface area (Å²) < 4.78 is 27.1. The van der Waals surface area contributed by atoms with E-state index in [0.29, 0.717) is 18.0 Å². The Morgan fingerprint density at radius 2 is 2.05 bits per heavy atom. The quantitative estimate of drug-likeness (QED) is 0.928. The van der Waals surface area contributed by atoms with Crippen molar-refractivity contribution in [3.63, 3.8) is 0 Å². The predicted octanol–water partition coefficient (Wildman–Crippen LogP) is 2.05. The van der Waals surface area contributed by atoms with Gasteiger partial charge in [0.05, 0.1) is 4.90 Å². The van der Waals surface area contributed by atoms with Gasteiger partial charge < -0.3 is 5.73 Å². The molecule has 5 heteroatoms. The van der Waals surface area contributed by atoms with Crippen LogP contribution in [0.25, 0.3) is 0 Å². The van der Waals surface area contributed by atoms with Crippen LogP contribution in [0.3, 0.4) is 0 Å². The smallest absolute Gasteiger partial charge is 0.243 e. The third-order valence-electron chi connectivity index (χ3n) is 4.23. The minimum Gasteiger partial charge on any atom is -0.327 e. The normalized spacial score (nSPS) is 24.8. The van der Waals surface area contributed by atoms with E-state index in [1.54, 1.807) is 10.4 Å². The Hall–Kier alpha value is -0.910. The van der Waals surface area contributed by atoms with Gasteiger partial charge in [-0.1, -0.05) is 31.0 Å². The molecule has 1 saturated heterocycles. The van der Waals surface area contributed by atoms with E-state index in [0.717, 1.165) is 24.0 Å². The molecular formula is C15H24N2O2S. The molecule has 0 saturated carbocycles.